The molecule has 2 aliphatic rings. The van der Waals surface area contributed by atoms with Crippen molar-refractivity contribution < 1.29 is 28.9 Å². The maximum absolute atomic E-state index is 12.0. The zero-order valence-corrected chi connectivity index (χ0v) is 20.5. The van der Waals surface area contributed by atoms with E-state index in [0.29, 0.717) is 19.6 Å². The summed E-state index contributed by atoms with van der Waals surface area (Å²) in [7, 11) is 1.32. The van der Waals surface area contributed by atoms with E-state index in [-0.39, 0.29) is 29.7 Å². The smallest absolute Gasteiger partial charge is 0.407 e. The second-order valence-corrected chi connectivity index (χ2v) is 10.0. The molecule has 35 heavy (non-hydrogen) atoms. The highest BCUT2D eigenvalue weighted by Crippen LogP contribution is 2.45. The predicted molar refractivity (Wildman–Crippen MR) is 131 cm³/mol. The third-order valence-electron chi connectivity index (χ3n) is 7.00. The molecule has 8 nitrogen and oxygen atoms in total. The van der Waals surface area contributed by atoms with Crippen LogP contribution in [-0.4, -0.2) is 59.5 Å². The number of nitrogens with zero attached hydrogens (tertiary/aromatic N) is 2. The first-order valence-electron chi connectivity index (χ1n) is 11.8. The SMILES string of the molecule is CCOc1ccc2ccc(O[C@H]3C[C@H]4CN(C(=O)O)C(Cc5nc(C(=O)OC)cs5)[C@H]4C3)cc2c1. The summed E-state index contributed by atoms with van der Waals surface area (Å²) in [4.78, 5) is 29.6. The molecule has 1 aliphatic heterocycles. The number of hydrogen-bond donors (Lipinski definition) is 1. The summed E-state index contributed by atoms with van der Waals surface area (Å²) in [6, 6.07) is 11.9. The van der Waals surface area contributed by atoms with Crippen LogP contribution in [0.1, 0.15) is 35.3 Å². The number of carbonyl (C=O) groups is 2. The number of ether oxygens (including phenoxy) is 3. The maximum Gasteiger partial charge on any atom is 0.407 e. The van der Waals surface area contributed by atoms with Crippen LogP contribution >= 0.6 is 11.3 Å². The van der Waals surface area contributed by atoms with Gasteiger partial charge in [0.25, 0.3) is 0 Å². The Balaban J connectivity index is 1.29. The van der Waals surface area contributed by atoms with E-state index in [1.165, 1.54) is 23.3 Å². The highest BCUT2D eigenvalue weighted by Gasteiger charge is 2.50. The van der Waals surface area contributed by atoms with Gasteiger partial charge >= 0.3 is 12.1 Å². The van der Waals surface area contributed by atoms with Gasteiger partial charge in [0.15, 0.2) is 5.69 Å². The average molecular weight is 497 g/mol. The molecule has 0 spiro atoms. The standard InChI is InChI=1S/C26H28N2O6S/c1-3-33-18-6-4-15-5-7-19(9-16(15)8-18)34-20-10-17-13-28(26(30)31)23(21(17)11-20)12-24-27-22(14-35-24)25(29)32-2/h4-9,14,17,20-21,23H,3,10-13H2,1-2H3,(H,30,31)/t17-,20-,21-,23?/m0/s1. The Morgan fingerprint density at radius 3 is 2.66 bits per heavy atom. The van der Waals surface area contributed by atoms with Crippen molar-refractivity contribution in [2.45, 2.75) is 38.3 Å². The lowest BCUT2D eigenvalue weighted by Crippen LogP contribution is -2.39. The van der Waals surface area contributed by atoms with E-state index in [0.717, 1.165) is 40.1 Å². The van der Waals surface area contributed by atoms with E-state index in [9.17, 15) is 14.7 Å². The van der Waals surface area contributed by atoms with Crippen molar-refractivity contribution in [2.24, 2.45) is 11.8 Å². The molecule has 5 rings (SSSR count). The molecule has 0 bridgehead atoms. The van der Waals surface area contributed by atoms with E-state index in [1.54, 1.807) is 5.38 Å². The van der Waals surface area contributed by atoms with Crippen LogP contribution in [0.5, 0.6) is 11.5 Å². The van der Waals surface area contributed by atoms with Gasteiger partial charge in [0.05, 0.1) is 24.8 Å². The molecular formula is C26H28N2O6S. The number of fused-ring (bicyclic) bond motifs is 2. The highest BCUT2D eigenvalue weighted by molar-refractivity contribution is 7.09. The Labute approximate surface area is 207 Å². The van der Waals surface area contributed by atoms with Gasteiger partial charge in [-0.05, 0) is 66.6 Å². The average Bonchev–Trinajstić information content (AvgIpc) is 3.55. The monoisotopic (exact) mass is 496 g/mol. The van der Waals surface area contributed by atoms with Gasteiger partial charge in [-0.3, -0.25) is 0 Å². The number of thiazole rings is 1. The van der Waals surface area contributed by atoms with E-state index in [1.807, 2.05) is 43.3 Å². The summed E-state index contributed by atoms with van der Waals surface area (Å²) in [6.07, 6.45) is 1.19. The summed E-state index contributed by atoms with van der Waals surface area (Å²) in [5.41, 5.74) is 0.264. The molecule has 1 saturated carbocycles. The maximum atomic E-state index is 12.0. The number of benzene rings is 2. The molecule has 1 amide bonds. The van der Waals surface area contributed by atoms with Gasteiger partial charge in [-0.15, -0.1) is 11.3 Å². The van der Waals surface area contributed by atoms with Gasteiger partial charge in [-0.1, -0.05) is 12.1 Å². The van der Waals surface area contributed by atoms with Crippen molar-refractivity contribution in [3.05, 3.63) is 52.5 Å². The number of hydrogen-bond acceptors (Lipinski definition) is 7. The van der Waals surface area contributed by atoms with Gasteiger partial charge in [-0.25, -0.2) is 14.6 Å². The lowest BCUT2D eigenvalue weighted by molar-refractivity contribution is 0.0594. The zero-order valence-electron chi connectivity index (χ0n) is 19.7. The topological polar surface area (TPSA) is 98.2 Å². The minimum atomic E-state index is -0.911. The largest absolute Gasteiger partial charge is 0.494 e. The fourth-order valence-electron chi connectivity index (χ4n) is 5.49. The minimum Gasteiger partial charge on any atom is -0.494 e. The molecule has 2 aromatic carbocycles. The van der Waals surface area contributed by atoms with E-state index >= 15 is 0 Å². The van der Waals surface area contributed by atoms with Crippen molar-refractivity contribution in [2.75, 3.05) is 20.3 Å². The number of rotatable bonds is 7. The number of carbonyl (C=O) groups excluding carboxylic acids is 1. The van der Waals surface area contributed by atoms with Crippen LogP contribution in [-0.2, 0) is 11.2 Å². The predicted octanol–water partition coefficient (Wildman–Crippen LogP) is 4.86. The minimum absolute atomic E-state index is 0.0258. The molecule has 2 fully saturated rings. The fourth-order valence-corrected chi connectivity index (χ4v) is 6.30. The summed E-state index contributed by atoms with van der Waals surface area (Å²) < 4.78 is 16.7. The number of carboxylic acid groups (broad SMARTS) is 1. The Hall–Kier alpha value is -3.33. The molecule has 2 heterocycles. The Morgan fingerprint density at radius 1 is 1.14 bits per heavy atom. The normalized spacial score (nSPS) is 23.3. The first-order chi connectivity index (χ1) is 16.9. The summed E-state index contributed by atoms with van der Waals surface area (Å²) in [6.45, 7) is 3.08. The van der Waals surface area contributed by atoms with Crippen molar-refractivity contribution in [1.29, 1.82) is 0 Å². The van der Waals surface area contributed by atoms with Crippen LogP contribution in [0.3, 0.4) is 0 Å². The number of aromatic nitrogens is 1. The summed E-state index contributed by atoms with van der Waals surface area (Å²) in [5.74, 6) is 1.59. The first kappa shape index (κ1) is 23.4. The van der Waals surface area contributed by atoms with Crippen molar-refractivity contribution >= 4 is 34.2 Å². The van der Waals surface area contributed by atoms with Crippen LogP contribution < -0.4 is 9.47 Å². The number of methoxy groups -OCH3 is 1. The first-order valence-corrected chi connectivity index (χ1v) is 12.7. The number of esters is 1. The fraction of sp³-hybridized carbons (Fsp3) is 0.423. The van der Waals surface area contributed by atoms with Gasteiger partial charge in [0.2, 0.25) is 0 Å². The third-order valence-corrected chi connectivity index (χ3v) is 7.88. The molecule has 1 unspecified atom stereocenters. The van der Waals surface area contributed by atoms with Crippen molar-refractivity contribution in [3.8, 4) is 11.5 Å². The number of likely N-dealkylation sites (tertiary alicyclic amines) is 1. The third kappa shape index (κ3) is 4.77. The molecule has 1 saturated heterocycles. The second-order valence-electron chi connectivity index (χ2n) is 9.06. The van der Waals surface area contributed by atoms with Crippen molar-refractivity contribution in [1.82, 2.24) is 9.88 Å². The molecule has 0 radical (unpaired) electrons. The summed E-state index contributed by atoms with van der Waals surface area (Å²) in [5, 5.41) is 14.4. The second kappa shape index (κ2) is 9.73. The molecule has 3 aromatic rings. The van der Waals surface area contributed by atoms with E-state index in [4.69, 9.17) is 14.2 Å². The van der Waals surface area contributed by atoms with E-state index in [2.05, 4.69) is 4.98 Å². The quantitative estimate of drug-likeness (QED) is 0.467. The van der Waals surface area contributed by atoms with E-state index < -0.39 is 12.1 Å². The lowest BCUT2D eigenvalue weighted by atomic mass is 9.92. The zero-order chi connectivity index (χ0) is 24.5. The molecule has 1 aliphatic carbocycles. The van der Waals surface area contributed by atoms with Crippen molar-refractivity contribution in [3.63, 3.8) is 0 Å². The Morgan fingerprint density at radius 2 is 1.91 bits per heavy atom. The number of amides is 1. The Bertz CT molecular complexity index is 1240. The molecule has 4 atom stereocenters. The van der Waals surface area contributed by atoms with Gasteiger partial charge in [0.1, 0.15) is 11.5 Å². The lowest BCUT2D eigenvalue weighted by Gasteiger charge is -2.26. The molecule has 1 N–H and O–H groups in total. The highest BCUT2D eigenvalue weighted by atomic mass is 32.1. The molecule has 1 aromatic heterocycles. The van der Waals surface area contributed by atoms with Gasteiger partial charge in [0, 0.05) is 24.4 Å². The van der Waals surface area contributed by atoms with Gasteiger partial charge < -0.3 is 24.2 Å². The molecular weight excluding hydrogens is 468 g/mol. The van der Waals surface area contributed by atoms with Crippen LogP contribution in [0.15, 0.2) is 41.8 Å². The summed E-state index contributed by atoms with van der Waals surface area (Å²) >= 11 is 1.36. The van der Waals surface area contributed by atoms with Crippen LogP contribution in [0.2, 0.25) is 0 Å². The van der Waals surface area contributed by atoms with Crippen LogP contribution in [0, 0.1) is 11.8 Å². The molecule has 184 valence electrons. The van der Waals surface area contributed by atoms with Gasteiger partial charge in [-0.2, -0.15) is 0 Å². The Kier molecular flexibility index (Phi) is 6.51. The van der Waals surface area contributed by atoms with Crippen LogP contribution in [0.4, 0.5) is 4.79 Å². The molecule has 9 heteroatoms. The van der Waals surface area contributed by atoms with Crippen LogP contribution in [0.25, 0.3) is 10.8 Å².